The number of aromatic nitrogens is 2. The first kappa shape index (κ1) is 19.1. The molecule has 0 bridgehead atoms. The van der Waals surface area contributed by atoms with E-state index in [0.717, 1.165) is 11.1 Å². The van der Waals surface area contributed by atoms with Gasteiger partial charge in [-0.2, -0.15) is 0 Å². The Morgan fingerprint density at radius 1 is 1.07 bits per heavy atom. The number of hydrogen-bond acceptors (Lipinski definition) is 7. The van der Waals surface area contributed by atoms with Crippen LogP contribution in [0.2, 0.25) is 0 Å². The van der Waals surface area contributed by atoms with Crippen LogP contribution >= 0.6 is 0 Å². The number of nitrogens with one attached hydrogen (secondary N) is 1. The molecule has 0 aliphatic heterocycles. The summed E-state index contributed by atoms with van der Waals surface area (Å²) >= 11 is 0. The zero-order valence-corrected chi connectivity index (χ0v) is 15.8. The van der Waals surface area contributed by atoms with Crippen LogP contribution in [0.3, 0.4) is 0 Å². The molecule has 1 amide bonds. The summed E-state index contributed by atoms with van der Waals surface area (Å²) < 4.78 is 10.5. The summed E-state index contributed by atoms with van der Waals surface area (Å²) in [4.78, 5) is 24.0. The van der Waals surface area contributed by atoms with Crippen LogP contribution < -0.4 is 11.1 Å². The Bertz CT molecular complexity index is 1010. The Labute approximate surface area is 161 Å². The first-order valence-corrected chi connectivity index (χ1v) is 8.68. The maximum absolute atomic E-state index is 12.1. The molecular weight excluding hydrogens is 360 g/mol. The van der Waals surface area contributed by atoms with Crippen LogP contribution in [-0.4, -0.2) is 28.7 Å². The van der Waals surface area contributed by atoms with Gasteiger partial charge in [0.15, 0.2) is 5.82 Å². The monoisotopic (exact) mass is 380 g/mol. The number of ether oxygens (including phenoxy) is 1. The molecule has 1 aromatic carbocycles. The second kappa shape index (κ2) is 7.91. The second-order valence-corrected chi connectivity index (χ2v) is 6.12. The second-order valence-electron chi connectivity index (χ2n) is 6.12. The lowest BCUT2D eigenvalue weighted by molar-refractivity contribution is 0.0521. The molecule has 0 spiro atoms. The van der Waals surface area contributed by atoms with Crippen molar-refractivity contribution in [1.29, 1.82) is 0 Å². The molecule has 0 fully saturated rings. The summed E-state index contributed by atoms with van der Waals surface area (Å²) in [5.41, 5.74) is 8.15. The average molecular weight is 380 g/mol. The third kappa shape index (κ3) is 3.85. The van der Waals surface area contributed by atoms with Crippen molar-refractivity contribution in [2.45, 2.75) is 20.8 Å². The van der Waals surface area contributed by atoms with Gasteiger partial charge in [0.05, 0.1) is 12.3 Å². The number of esters is 1. The predicted molar refractivity (Wildman–Crippen MR) is 103 cm³/mol. The largest absolute Gasteiger partial charge is 0.462 e. The fourth-order valence-electron chi connectivity index (χ4n) is 2.71. The standard InChI is InChI=1S/C20H20N4O4/c1-4-27-20(26)16-12(3)28-19(17(16)18(21)25)22-15-10-9-14(23-24-15)13-7-5-11(2)6-8-13/h5-10H,4H2,1-3H3,(H2,21,25)(H,22,24). The normalized spacial score (nSPS) is 10.5. The molecule has 8 heteroatoms. The lowest BCUT2D eigenvalue weighted by Gasteiger charge is -2.06. The molecular formula is C20H20N4O4. The number of anilines is 2. The van der Waals surface area contributed by atoms with Crippen molar-refractivity contribution in [3.8, 4) is 11.3 Å². The average Bonchev–Trinajstić information content (AvgIpc) is 2.99. The van der Waals surface area contributed by atoms with Gasteiger partial charge in [-0.05, 0) is 32.9 Å². The van der Waals surface area contributed by atoms with Gasteiger partial charge in [-0.25, -0.2) is 4.79 Å². The first-order valence-electron chi connectivity index (χ1n) is 8.68. The van der Waals surface area contributed by atoms with Gasteiger partial charge in [0.1, 0.15) is 16.9 Å². The number of aryl methyl sites for hydroxylation is 2. The highest BCUT2D eigenvalue weighted by Gasteiger charge is 2.28. The highest BCUT2D eigenvalue weighted by Crippen LogP contribution is 2.30. The summed E-state index contributed by atoms with van der Waals surface area (Å²) in [5.74, 6) is -0.912. The van der Waals surface area contributed by atoms with Crippen molar-refractivity contribution < 1.29 is 18.7 Å². The summed E-state index contributed by atoms with van der Waals surface area (Å²) in [5, 5.41) is 11.1. The number of carbonyl (C=O) groups is 2. The number of primary amides is 1. The molecule has 8 nitrogen and oxygen atoms in total. The number of furan rings is 1. The van der Waals surface area contributed by atoms with E-state index in [1.165, 1.54) is 0 Å². The Morgan fingerprint density at radius 3 is 2.36 bits per heavy atom. The molecule has 0 aliphatic carbocycles. The van der Waals surface area contributed by atoms with Crippen molar-refractivity contribution >= 4 is 23.6 Å². The van der Waals surface area contributed by atoms with Gasteiger partial charge < -0.3 is 20.2 Å². The van der Waals surface area contributed by atoms with Crippen molar-refractivity contribution in [2.24, 2.45) is 5.73 Å². The van der Waals surface area contributed by atoms with E-state index < -0.39 is 11.9 Å². The van der Waals surface area contributed by atoms with Crippen LogP contribution in [0.5, 0.6) is 0 Å². The third-order valence-electron chi connectivity index (χ3n) is 4.06. The van der Waals surface area contributed by atoms with Gasteiger partial charge in [-0.15, -0.1) is 10.2 Å². The number of carbonyl (C=O) groups excluding carboxylic acids is 2. The highest BCUT2D eigenvalue weighted by molar-refractivity contribution is 6.09. The molecule has 3 rings (SSSR count). The maximum atomic E-state index is 12.1. The SMILES string of the molecule is CCOC(=O)c1c(C)oc(Nc2ccc(-c3ccc(C)cc3)nn2)c1C(N)=O. The molecule has 0 unspecified atom stereocenters. The van der Waals surface area contributed by atoms with Crippen molar-refractivity contribution in [2.75, 3.05) is 11.9 Å². The van der Waals surface area contributed by atoms with Crippen molar-refractivity contribution in [3.05, 3.63) is 58.8 Å². The van der Waals surface area contributed by atoms with Gasteiger partial charge in [-0.1, -0.05) is 29.8 Å². The van der Waals surface area contributed by atoms with Crippen LogP contribution in [0.25, 0.3) is 11.3 Å². The van der Waals surface area contributed by atoms with Crippen LogP contribution in [-0.2, 0) is 4.74 Å². The zero-order chi connectivity index (χ0) is 20.3. The number of amides is 1. The van der Waals surface area contributed by atoms with E-state index in [1.54, 1.807) is 26.0 Å². The molecule has 0 atom stereocenters. The predicted octanol–water partition coefficient (Wildman–Crippen LogP) is 3.37. The van der Waals surface area contributed by atoms with Crippen LogP contribution in [0.4, 0.5) is 11.7 Å². The van der Waals surface area contributed by atoms with E-state index >= 15 is 0 Å². The molecule has 3 aromatic rings. The molecule has 2 heterocycles. The van der Waals surface area contributed by atoms with Crippen molar-refractivity contribution in [3.63, 3.8) is 0 Å². The summed E-state index contributed by atoms with van der Waals surface area (Å²) in [6, 6.07) is 11.4. The minimum atomic E-state index is -0.813. The summed E-state index contributed by atoms with van der Waals surface area (Å²) in [7, 11) is 0. The number of hydrogen-bond donors (Lipinski definition) is 2. The Hall–Kier alpha value is -3.68. The molecule has 0 saturated carbocycles. The molecule has 2 aromatic heterocycles. The first-order chi connectivity index (χ1) is 13.4. The molecule has 0 radical (unpaired) electrons. The molecule has 0 aliphatic rings. The van der Waals surface area contributed by atoms with Crippen LogP contribution in [0, 0.1) is 13.8 Å². The van der Waals surface area contributed by atoms with E-state index in [2.05, 4.69) is 15.5 Å². The smallest absolute Gasteiger partial charge is 0.342 e. The number of rotatable bonds is 6. The Balaban J connectivity index is 1.89. The Kier molecular flexibility index (Phi) is 5.39. The van der Waals surface area contributed by atoms with Gasteiger partial charge >= 0.3 is 5.97 Å². The maximum Gasteiger partial charge on any atom is 0.342 e. The quantitative estimate of drug-likeness (QED) is 0.629. The number of nitrogens with two attached hydrogens (primary N) is 1. The lowest BCUT2D eigenvalue weighted by atomic mass is 10.1. The molecule has 0 saturated heterocycles. The minimum absolute atomic E-state index is 0.00100. The highest BCUT2D eigenvalue weighted by atomic mass is 16.5. The van der Waals surface area contributed by atoms with Gasteiger partial charge in [-0.3, -0.25) is 4.79 Å². The fourth-order valence-corrected chi connectivity index (χ4v) is 2.71. The lowest BCUT2D eigenvalue weighted by Crippen LogP contribution is -2.18. The van der Waals surface area contributed by atoms with Gasteiger partial charge in [0.2, 0.25) is 5.88 Å². The number of nitrogens with zero attached hydrogens (tertiary/aromatic N) is 2. The van der Waals surface area contributed by atoms with E-state index in [9.17, 15) is 9.59 Å². The zero-order valence-electron chi connectivity index (χ0n) is 15.8. The van der Waals surface area contributed by atoms with Crippen LogP contribution in [0.15, 0.2) is 40.8 Å². The van der Waals surface area contributed by atoms with E-state index in [1.807, 2.05) is 31.2 Å². The van der Waals surface area contributed by atoms with E-state index in [-0.39, 0.29) is 29.4 Å². The van der Waals surface area contributed by atoms with Crippen molar-refractivity contribution in [1.82, 2.24) is 10.2 Å². The molecule has 3 N–H and O–H groups in total. The fraction of sp³-hybridized carbons (Fsp3) is 0.200. The molecule has 144 valence electrons. The van der Waals surface area contributed by atoms with E-state index in [4.69, 9.17) is 14.9 Å². The van der Waals surface area contributed by atoms with Crippen LogP contribution in [0.1, 0.15) is 39.0 Å². The summed E-state index contributed by atoms with van der Waals surface area (Å²) in [6.07, 6.45) is 0. The minimum Gasteiger partial charge on any atom is -0.462 e. The van der Waals surface area contributed by atoms with Gasteiger partial charge in [0, 0.05) is 5.56 Å². The summed E-state index contributed by atoms with van der Waals surface area (Å²) in [6.45, 7) is 5.39. The van der Waals surface area contributed by atoms with Gasteiger partial charge in [0.25, 0.3) is 5.91 Å². The topological polar surface area (TPSA) is 120 Å². The third-order valence-corrected chi connectivity index (χ3v) is 4.06. The molecule has 28 heavy (non-hydrogen) atoms. The van der Waals surface area contributed by atoms with E-state index in [0.29, 0.717) is 11.5 Å². The number of benzene rings is 1. The Morgan fingerprint density at radius 2 is 1.79 bits per heavy atom.